The largest absolute Gasteiger partial charge is 0.481 e. The first-order valence-electron chi connectivity index (χ1n) is 4.62. The van der Waals surface area contributed by atoms with Gasteiger partial charge in [0, 0.05) is 0 Å². The molecule has 0 fully saturated rings. The van der Waals surface area contributed by atoms with Gasteiger partial charge in [-0.3, -0.25) is 4.79 Å². The van der Waals surface area contributed by atoms with Crippen molar-refractivity contribution in [3.05, 3.63) is 35.4 Å². The van der Waals surface area contributed by atoms with E-state index >= 15 is 0 Å². The lowest BCUT2D eigenvalue weighted by atomic mass is 9.92. The topological polar surface area (TPSA) is 57.5 Å². The van der Waals surface area contributed by atoms with Gasteiger partial charge < -0.3 is 10.2 Å². The van der Waals surface area contributed by atoms with Gasteiger partial charge in [-0.1, -0.05) is 31.2 Å². The molecule has 0 radical (unpaired) electrons. The Morgan fingerprint density at radius 3 is 2.57 bits per heavy atom. The van der Waals surface area contributed by atoms with Gasteiger partial charge in [0.05, 0.1) is 12.5 Å². The summed E-state index contributed by atoms with van der Waals surface area (Å²) in [4.78, 5) is 10.9. The summed E-state index contributed by atoms with van der Waals surface area (Å²) < 4.78 is 0. The molecule has 1 atom stereocenters. The number of aliphatic hydroxyl groups excluding tert-OH is 1. The molecule has 76 valence electrons. The van der Waals surface area contributed by atoms with E-state index in [2.05, 4.69) is 0 Å². The van der Waals surface area contributed by atoms with Crippen molar-refractivity contribution in [2.24, 2.45) is 0 Å². The van der Waals surface area contributed by atoms with E-state index in [4.69, 9.17) is 10.2 Å². The second-order valence-corrected chi connectivity index (χ2v) is 3.16. The average Bonchev–Trinajstić information content (AvgIpc) is 2.19. The molecule has 0 aliphatic rings. The van der Waals surface area contributed by atoms with E-state index in [-0.39, 0.29) is 6.61 Å². The van der Waals surface area contributed by atoms with Gasteiger partial charge in [-0.2, -0.15) is 0 Å². The molecule has 14 heavy (non-hydrogen) atoms. The number of benzene rings is 1. The first-order chi connectivity index (χ1) is 6.70. The summed E-state index contributed by atoms with van der Waals surface area (Å²) in [5, 5.41) is 18.0. The number of aliphatic hydroxyl groups is 1. The Morgan fingerprint density at radius 2 is 2.07 bits per heavy atom. The maximum Gasteiger partial charge on any atom is 0.310 e. The molecule has 0 saturated heterocycles. The van der Waals surface area contributed by atoms with Gasteiger partial charge in [0.1, 0.15) is 0 Å². The first-order valence-corrected chi connectivity index (χ1v) is 4.62. The quantitative estimate of drug-likeness (QED) is 0.767. The van der Waals surface area contributed by atoms with Gasteiger partial charge in [0.2, 0.25) is 0 Å². The third-order valence-corrected chi connectivity index (χ3v) is 2.31. The summed E-state index contributed by atoms with van der Waals surface area (Å²) >= 11 is 0. The maximum absolute atomic E-state index is 10.9. The molecular formula is C11H14O3. The monoisotopic (exact) mass is 194 g/mol. The van der Waals surface area contributed by atoms with Crippen LogP contribution in [0.2, 0.25) is 0 Å². The van der Waals surface area contributed by atoms with Crippen molar-refractivity contribution in [1.29, 1.82) is 0 Å². The number of carbonyl (C=O) groups is 1. The van der Waals surface area contributed by atoms with Crippen LogP contribution < -0.4 is 0 Å². The normalized spacial score (nSPS) is 12.4. The van der Waals surface area contributed by atoms with Crippen LogP contribution in [0.1, 0.15) is 30.4 Å². The Labute approximate surface area is 83.0 Å². The Hall–Kier alpha value is -1.35. The fourth-order valence-electron chi connectivity index (χ4n) is 1.55. The van der Waals surface area contributed by atoms with E-state index in [1.54, 1.807) is 24.3 Å². The molecule has 1 aromatic carbocycles. The molecule has 1 unspecified atom stereocenters. The van der Waals surface area contributed by atoms with Crippen molar-refractivity contribution in [2.75, 3.05) is 0 Å². The molecular weight excluding hydrogens is 180 g/mol. The summed E-state index contributed by atoms with van der Waals surface area (Å²) in [5.74, 6) is -1.35. The van der Waals surface area contributed by atoms with Crippen molar-refractivity contribution < 1.29 is 15.0 Å². The highest BCUT2D eigenvalue weighted by Gasteiger charge is 2.19. The van der Waals surface area contributed by atoms with Gasteiger partial charge in [-0.25, -0.2) is 0 Å². The van der Waals surface area contributed by atoms with Gasteiger partial charge in [0.25, 0.3) is 0 Å². The molecule has 0 aromatic heterocycles. The van der Waals surface area contributed by atoms with Crippen LogP contribution in [0, 0.1) is 0 Å². The number of hydrogen-bond acceptors (Lipinski definition) is 2. The van der Waals surface area contributed by atoms with E-state index in [1.807, 2.05) is 6.92 Å². The van der Waals surface area contributed by atoms with E-state index in [9.17, 15) is 4.79 Å². The van der Waals surface area contributed by atoms with Crippen LogP contribution in [-0.4, -0.2) is 16.2 Å². The molecule has 0 spiro atoms. The minimum Gasteiger partial charge on any atom is -0.481 e. The molecule has 2 N–H and O–H groups in total. The minimum absolute atomic E-state index is 0.111. The molecule has 0 bridgehead atoms. The lowest BCUT2D eigenvalue weighted by Gasteiger charge is -2.13. The maximum atomic E-state index is 10.9. The highest BCUT2D eigenvalue weighted by atomic mass is 16.4. The van der Waals surface area contributed by atoms with Crippen molar-refractivity contribution in [3.8, 4) is 0 Å². The van der Waals surface area contributed by atoms with Crippen molar-refractivity contribution in [1.82, 2.24) is 0 Å². The number of rotatable bonds is 4. The fourth-order valence-corrected chi connectivity index (χ4v) is 1.55. The first kappa shape index (κ1) is 10.7. The van der Waals surface area contributed by atoms with Crippen LogP contribution in [-0.2, 0) is 11.4 Å². The number of hydrogen-bond donors (Lipinski definition) is 2. The van der Waals surface area contributed by atoms with E-state index in [0.29, 0.717) is 17.5 Å². The number of aliphatic carboxylic acids is 1. The molecule has 0 saturated carbocycles. The highest BCUT2D eigenvalue weighted by molar-refractivity contribution is 5.76. The van der Waals surface area contributed by atoms with Gasteiger partial charge in [-0.15, -0.1) is 0 Å². The molecule has 0 heterocycles. The fraction of sp³-hybridized carbons (Fsp3) is 0.364. The zero-order valence-corrected chi connectivity index (χ0v) is 8.10. The van der Waals surface area contributed by atoms with Crippen molar-refractivity contribution >= 4 is 5.97 Å². The third-order valence-electron chi connectivity index (χ3n) is 2.31. The SMILES string of the molecule is CCC(C(=O)O)c1ccccc1CO. The summed E-state index contributed by atoms with van der Waals surface area (Å²) in [6, 6.07) is 7.10. The minimum atomic E-state index is -0.839. The second kappa shape index (κ2) is 4.77. The summed E-state index contributed by atoms with van der Waals surface area (Å²) in [6.07, 6.45) is 0.534. The molecule has 1 aromatic rings. The van der Waals surface area contributed by atoms with Gasteiger partial charge in [0.15, 0.2) is 0 Å². The summed E-state index contributed by atoms with van der Waals surface area (Å²) in [6.45, 7) is 1.72. The van der Waals surface area contributed by atoms with E-state index in [0.717, 1.165) is 0 Å². The van der Waals surface area contributed by atoms with Crippen molar-refractivity contribution in [2.45, 2.75) is 25.9 Å². The lowest BCUT2D eigenvalue weighted by molar-refractivity contribution is -0.138. The van der Waals surface area contributed by atoms with Gasteiger partial charge >= 0.3 is 5.97 Å². The number of carboxylic acids is 1. The number of carboxylic acid groups (broad SMARTS) is 1. The van der Waals surface area contributed by atoms with Crippen LogP contribution in [0.25, 0.3) is 0 Å². The Kier molecular flexibility index (Phi) is 3.65. The lowest BCUT2D eigenvalue weighted by Crippen LogP contribution is -2.12. The van der Waals surface area contributed by atoms with Crippen LogP contribution in [0.4, 0.5) is 0 Å². The molecule has 3 nitrogen and oxygen atoms in total. The zero-order chi connectivity index (χ0) is 10.6. The Bertz CT molecular complexity index is 320. The van der Waals surface area contributed by atoms with E-state index in [1.165, 1.54) is 0 Å². The standard InChI is InChI=1S/C11H14O3/c1-2-9(11(13)14)10-6-4-3-5-8(10)7-12/h3-6,9,12H,2,7H2,1H3,(H,13,14). The summed E-state index contributed by atoms with van der Waals surface area (Å²) in [5.41, 5.74) is 1.41. The predicted molar refractivity (Wildman–Crippen MR) is 53.0 cm³/mol. The van der Waals surface area contributed by atoms with Crippen LogP contribution in [0.5, 0.6) is 0 Å². The molecule has 0 amide bonds. The Balaban J connectivity index is 3.08. The summed E-state index contributed by atoms with van der Waals surface area (Å²) in [7, 11) is 0. The second-order valence-electron chi connectivity index (χ2n) is 3.16. The van der Waals surface area contributed by atoms with Gasteiger partial charge in [-0.05, 0) is 17.5 Å². The van der Waals surface area contributed by atoms with E-state index < -0.39 is 11.9 Å². The van der Waals surface area contributed by atoms with Crippen LogP contribution >= 0.6 is 0 Å². The van der Waals surface area contributed by atoms with Crippen LogP contribution in [0.15, 0.2) is 24.3 Å². The van der Waals surface area contributed by atoms with Crippen LogP contribution in [0.3, 0.4) is 0 Å². The molecule has 0 aliphatic heterocycles. The zero-order valence-electron chi connectivity index (χ0n) is 8.10. The molecule has 0 aliphatic carbocycles. The highest BCUT2D eigenvalue weighted by Crippen LogP contribution is 2.23. The molecule has 3 heteroatoms. The Morgan fingerprint density at radius 1 is 1.43 bits per heavy atom. The predicted octanol–water partition coefficient (Wildman–Crippen LogP) is 1.76. The molecule has 1 rings (SSSR count). The average molecular weight is 194 g/mol. The van der Waals surface area contributed by atoms with Crippen molar-refractivity contribution in [3.63, 3.8) is 0 Å². The third kappa shape index (κ3) is 2.12. The smallest absolute Gasteiger partial charge is 0.310 e.